The highest BCUT2D eigenvalue weighted by atomic mass is 19.1. The zero-order valence-corrected chi connectivity index (χ0v) is 12.8. The molecule has 0 aromatic heterocycles. The summed E-state index contributed by atoms with van der Waals surface area (Å²) in [6.45, 7) is 4.68. The minimum Gasteiger partial charge on any atom is -0.493 e. The van der Waals surface area contributed by atoms with Crippen LogP contribution in [0, 0.1) is 11.2 Å². The summed E-state index contributed by atoms with van der Waals surface area (Å²) >= 11 is 0. The Morgan fingerprint density at radius 1 is 1.41 bits per heavy atom. The molecule has 1 aliphatic heterocycles. The minimum atomic E-state index is -1.23. The van der Waals surface area contributed by atoms with Gasteiger partial charge < -0.3 is 15.2 Å². The third kappa shape index (κ3) is 3.24. The highest BCUT2D eigenvalue weighted by Crippen LogP contribution is 2.45. The van der Waals surface area contributed by atoms with E-state index >= 15 is 0 Å². The summed E-state index contributed by atoms with van der Waals surface area (Å²) in [6, 6.07) is 2.71. The standard InChI is InChI=1S/C17H22FNO3/c1-17(4-6-19-7-5-17)10-22-15-9-14(18)13(16(20)21)8-12(15)11-2-3-11/h8-9,11,19H,2-7,10H2,1H3,(H,20,21). The van der Waals surface area contributed by atoms with Gasteiger partial charge in [-0.05, 0) is 56.3 Å². The normalized spacial score (nSPS) is 20.6. The first kappa shape index (κ1) is 15.3. The first-order chi connectivity index (χ1) is 10.5. The molecule has 22 heavy (non-hydrogen) atoms. The van der Waals surface area contributed by atoms with Crippen molar-refractivity contribution in [3.8, 4) is 5.75 Å². The number of hydrogen-bond acceptors (Lipinski definition) is 3. The molecule has 2 fully saturated rings. The second kappa shape index (κ2) is 5.88. The molecule has 0 spiro atoms. The lowest BCUT2D eigenvalue weighted by atomic mass is 9.82. The van der Waals surface area contributed by atoms with Crippen LogP contribution < -0.4 is 10.1 Å². The van der Waals surface area contributed by atoms with Gasteiger partial charge in [0.25, 0.3) is 0 Å². The average molecular weight is 307 g/mol. The summed E-state index contributed by atoms with van der Waals surface area (Å²) in [5, 5.41) is 12.4. The molecule has 1 aromatic carbocycles. The van der Waals surface area contributed by atoms with Gasteiger partial charge in [-0.1, -0.05) is 6.92 Å². The van der Waals surface area contributed by atoms with Gasteiger partial charge >= 0.3 is 5.97 Å². The Kier molecular flexibility index (Phi) is 4.08. The van der Waals surface area contributed by atoms with Gasteiger partial charge in [0.05, 0.1) is 12.2 Å². The summed E-state index contributed by atoms with van der Waals surface area (Å²) in [5.41, 5.74) is 0.673. The molecule has 1 heterocycles. The fourth-order valence-electron chi connectivity index (χ4n) is 3.00. The second-order valence-corrected chi connectivity index (χ2v) is 6.80. The number of aromatic carboxylic acids is 1. The van der Waals surface area contributed by atoms with Crippen LogP contribution in [0.25, 0.3) is 0 Å². The van der Waals surface area contributed by atoms with Crippen molar-refractivity contribution in [2.24, 2.45) is 5.41 Å². The second-order valence-electron chi connectivity index (χ2n) is 6.80. The summed E-state index contributed by atoms with van der Waals surface area (Å²) in [5.74, 6) is -1.11. The van der Waals surface area contributed by atoms with Crippen LogP contribution in [0.2, 0.25) is 0 Å². The van der Waals surface area contributed by atoms with Crippen LogP contribution in [0.3, 0.4) is 0 Å². The lowest BCUT2D eigenvalue weighted by Gasteiger charge is -2.34. The number of halogens is 1. The molecular weight excluding hydrogens is 285 g/mol. The summed E-state index contributed by atoms with van der Waals surface area (Å²) in [7, 11) is 0. The van der Waals surface area contributed by atoms with Gasteiger partial charge in [-0.15, -0.1) is 0 Å². The van der Waals surface area contributed by atoms with Crippen molar-refractivity contribution in [1.82, 2.24) is 5.32 Å². The zero-order valence-electron chi connectivity index (χ0n) is 12.8. The van der Waals surface area contributed by atoms with E-state index in [1.807, 2.05) is 0 Å². The Morgan fingerprint density at radius 2 is 2.09 bits per heavy atom. The number of carboxylic acids is 1. The molecule has 0 radical (unpaired) electrons. The largest absolute Gasteiger partial charge is 0.493 e. The lowest BCUT2D eigenvalue weighted by Crippen LogP contribution is -2.38. The number of rotatable bonds is 5. The van der Waals surface area contributed by atoms with E-state index in [1.54, 1.807) is 0 Å². The Hall–Kier alpha value is -1.62. The molecule has 0 unspecified atom stereocenters. The van der Waals surface area contributed by atoms with Crippen molar-refractivity contribution in [2.75, 3.05) is 19.7 Å². The van der Waals surface area contributed by atoms with Crippen LogP contribution in [0.5, 0.6) is 5.75 Å². The molecule has 1 saturated heterocycles. The quantitative estimate of drug-likeness (QED) is 0.877. The zero-order chi connectivity index (χ0) is 15.7. The van der Waals surface area contributed by atoms with Crippen LogP contribution in [0.4, 0.5) is 4.39 Å². The molecule has 0 atom stereocenters. The molecule has 5 heteroatoms. The number of carboxylic acid groups (broad SMARTS) is 1. The van der Waals surface area contributed by atoms with Gasteiger partial charge in [-0.2, -0.15) is 0 Å². The number of piperidine rings is 1. The third-order valence-corrected chi connectivity index (χ3v) is 4.73. The number of ether oxygens (including phenoxy) is 1. The van der Waals surface area contributed by atoms with E-state index in [9.17, 15) is 9.18 Å². The fraction of sp³-hybridized carbons (Fsp3) is 0.588. The maximum Gasteiger partial charge on any atom is 0.338 e. The fourth-order valence-corrected chi connectivity index (χ4v) is 3.00. The van der Waals surface area contributed by atoms with E-state index in [0.717, 1.165) is 44.3 Å². The molecule has 120 valence electrons. The van der Waals surface area contributed by atoms with Crippen molar-refractivity contribution in [3.63, 3.8) is 0 Å². The third-order valence-electron chi connectivity index (χ3n) is 4.73. The van der Waals surface area contributed by atoms with Crippen LogP contribution in [-0.4, -0.2) is 30.8 Å². The molecule has 3 rings (SSSR count). The van der Waals surface area contributed by atoms with E-state index < -0.39 is 11.8 Å². The highest BCUT2D eigenvalue weighted by molar-refractivity contribution is 5.88. The lowest BCUT2D eigenvalue weighted by molar-refractivity contribution is 0.0691. The Morgan fingerprint density at radius 3 is 2.68 bits per heavy atom. The van der Waals surface area contributed by atoms with Crippen molar-refractivity contribution in [3.05, 3.63) is 29.1 Å². The van der Waals surface area contributed by atoms with Crippen LogP contribution in [0.15, 0.2) is 12.1 Å². The summed E-state index contributed by atoms with van der Waals surface area (Å²) in [6.07, 6.45) is 4.09. The Bertz CT molecular complexity index is 578. The monoisotopic (exact) mass is 307 g/mol. The first-order valence-corrected chi connectivity index (χ1v) is 7.89. The topological polar surface area (TPSA) is 58.6 Å². The molecular formula is C17H22FNO3. The van der Waals surface area contributed by atoms with Crippen molar-refractivity contribution in [2.45, 2.75) is 38.5 Å². The van der Waals surface area contributed by atoms with Crippen LogP contribution in [0.1, 0.15) is 54.4 Å². The SMILES string of the molecule is CC1(COc2cc(F)c(C(=O)O)cc2C2CC2)CCNCC1. The first-order valence-electron chi connectivity index (χ1n) is 7.89. The average Bonchev–Trinajstić information content (AvgIpc) is 3.30. The molecule has 1 aromatic rings. The van der Waals surface area contributed by atoms with Gasteiger partial charge in [0, 0.05) is 11.5 Å². The predicted octanol–water partition coefficient (Wildman–Crippen LogP) is 3.17. The number of nitrogens with one attached hydrogen (secondary N) is 1. The van der Waals surface area contributed by atoms with Gasteiger partial charge in [0.15, 0.2) is 0 Å². The molecule has 0 amide bonds. The maximum atomic E-state index is 14.0. The highest BCUT2D eigenvalue weighted by Gasteiger charge is 2.31. The van der Waals surface area contributed by atoms with Gasteiger partial charge in [-0.25, -0.2) is 9.18 Å². The Balaban J connectivity index is 1.80. The molecule has 0 bridgehead atoms. The maximum absolute atomic E-state index is 14.0. The van der Waals surface area contributed by atoms with Gasteiger partial charge in [0.2, 0.25) is 0 Å². The van der Waals surface area contributed by atoms with E-state index in [2.05, 4.69) is 12.2 Å². The van der Waals surface area contributed by atoms with Gasteiger partial charge in [0.1, 0.15) is 11.6 Å². The van der Waals surface area contributed by atoms with Crippen molar-refractivity contribution >= 4 is 5.97 Å². The molecule has 2 aliphatic rings. The predicted molar refractivity (Wildman–Crippen MR) is 81.0 cm³/mol. The van der Waals surface area contributed by atoms with E-state index in [0.29, 0.717) is 18.3 Å². The van der Waals surface area contributed by atoms with E-state index in [-0.39, 0.29) is 11.0 Å². The van der Waals surface area contributed by atoms with E-state index in [1.165, 1.54) is 12.1 Å². The smallest absolute Gasteiger partial charge is 0.338 e. The van der Waals surface area contributed by atoms with Crippen LogP contribution >= 0.6 is 0 Å². The minimum absolute atomic E-state index is 0.0913. The molecule has 2 N–H and O–H groups in total. The number of hydrogen-bond donors (Lipinski definition) is 2. The van der Waals surface area contributed by atoms with Crippen molar-refractivity contribution < 1.29 is 19.0 Å². The summed E-state index contributed by atoms with van der Waals surface area (Å²) in [4.78, 5) is 11.1. The Labute approximate surface area is 129 Å². The molecule has 1 saturated carbocycles. The molecule has 4 nitrogen and oxygen atoms in total. The van der Waals surface area contributed by atoms with E-state index in [4.69, 9.17) is 9.84 Å². The van der Waals surface area contributed by atoms with Crippen molar-refractivity contribution in [1.29, 1.82) is 0 Å². The van der Waals surface area contributed by atoms with Gasteiger partial charge in [-0.3, -0.25) is 0 Å². The number of benzene rings is 1. The van der Waals surface area contributed by atoms with Crippen LogP contribution in [-0.2, 0) is 0 Å². The molecule has 1 aliphatic carbocycles. The summed E-state index contributed by atoms with van der Waals surface area (Å²) < 4.78 is 19.9. The number of carbonyl (C=O) groups is 1.